The third-order valence-corrected chi connectivity index (χ3v) is 4.01. The number of alkyl carbamates (subject to hydrolysis) is 1. The summed E-state index contributed by atoms with van der Waals surface area (Å²) in [6.07, 6.45) is 1.03. The largest absolute Gasteiger partial charge is 0.480 e. The number of hydrogen-bond donors (Lipinski definition) is 3. The number of nitrogens with one attached hydrogen (secondary N) is 1. The van der Waals surface area contributed by atoms with Gasteiger partial charge in [0.25, 0.3) is 0 Å². The fraction of sp³-hybridized carbons (Fsp3) is 0.375. The van der Waals surface area contributed by atoms with Crippen molar-refractivity contribution in [1.82, 2.24) is 5.32 Å². The first-order valence-electron chi connectivity index (χ1n) is 10.2. The standard InChI is InChI=1S/C13H10O.C11H22N2O4/c14-13(11-7-3-1-4-8-11)12-9-5-2-6-10-12;1-11(2,3)17-10(16)13-8(9(14)15)6-4-5-7-12/h1-10H;8H,4-7,12H2,1-3H3,(H,13,16)(H,14,15)/t;8-/m.0/s1. The van der Waals surface area contributed by atoms with Crippen molar-refractivity contribution in [3.63, 3.8) is 0 Å². The molecule has 4 N–H and O–H groups in total. The Bertz CT molecular complexity index is 775. The number of ether oxygens (including phenoxy) is 1. The number of carbonyl (C=O) groups is 3. The maximum absolute atomic E-state index is 11.8. The van der Waals surface area contributed by atoms with Crippen LogP contribution in [0.15, 0.2) is 60.7 Å². The minimum absolute atomic E-state index is 0.0752. The molecule has 1 atom stereocenters. The van der Waals surface area contributed by atoms with Gasteiger partial charge in [-0.3, -0.25) is 4.79 Å². The summed E-state index contributed by atoms with van der Waals surface area (Å²) in [5.41, 5.74) is 6.15. The first-order valence-corrected chi connectivity index (χ1v) is 10.2. The molecule has 0 unspecified atom stereocenters. The molecule has 168 valence electrons. The van der Waals surface area contributed by atoms with E-state index in [2.05, 4.69) is 5.32 Å². The molecular weight excluding hydrogens is 396 g/mol. The van der Waals surface area contributed by atoms with Gasteiger partial charge in [0.2, 0.25) is 0 Å². The van der Waals surface area contributed by atoms with Gasteiger partial charge in [0, 0.05) is 11.1 Å². The Morgan fingerprint density at radius 1 is 0.935 bits per heavy atom. The molecule has 2 aromatic rings. The molecule has 31 heavy (non-hydrogen) atoms. The quantitative estimate of drug-likeness (QED) is 0.432. The van der Waals surface area contributed by atoms with Crippen molar-refractivity contribution in [2.24, 2.45) is 5.73 Å². The second-order valence-electron chi connectivity index (χ2n) is 7.88. The van der Waals surface area contributed by atoms with Crippen LogP contribution < -0.4 is 11.1 Å². The highest BCUT2D eigenvalue weighted by atomic mass is 16.6. The average molecular weight is 429 g/mol. The van der Waals surface area contributed by atoms with Gasteiger partial charge in [0.15, 0.2) is 5.78 Å². The Hall–Kier alpha value is -3.19. The van der Waals surface area contributed by atoms with E-state index in [4.69, 9.17) is 15.6 Å². The van der Waals surface area contributed by atoms with Gasteiger partial charge in [0.05, 0.1) is 0 Å². The molecule has 0 saturated heterocycles. The highest BCUT2D eigenvalue weighted by molar-refractivity contribution is 6.08. The first-order chi connectivity index (χ1) is 14.6. The zero-order valence-electron chi connectivity index (χ0n) is 18.3. The molecule has 0 radical (unpaired) electrons. The minimum atomic E-state index is -1.06. The smallest absolute Gasteiger partial charge is 0.408 e. The number of unbranched alkanes of at least 4 members (excludes halogenated alkanes) is 1. The number of aliphatic carboxylic acids is 1. The van der Waals surface area contributed by atoms with Crippen molar-refractivity contribution >= 4 is 17.8 Å². The number of nitrogens with two attached hydrogens (primary N) is 1. The van der Waals surface area contributed by atoms with E-state index >= 15 is 0 Å². The zero-order valence-corrected chi connectivity index (χ0v) is 18.3. The van der Waals surface area contributed by atoms with E-state index in [1.807, 2.05) is 60.7 Å². The SMILES string of the molecule is CC(C)(C)OC(=O)N[C@@H](CCCCN)C(=O)O.O=C(c1ccccc1)c1ccccc1. The Labute approximate surface area is 183 Å². The van der Waals surface area contributed by atoms with Crippen LogP contribution in [0.2, 0.25) is 0 Å². The van der Waals surface area contributed by atoms with E-state index in [1.54, 1.807) is 20.8 Å². The zero-order chi connectivity index (χ0) is 23.3. The van der Waals surface area contributed by atoms with Crippen molar-refractivity contribution in [3.05, 3.63) is 71.8 Å². The van der Waals surface area contributed by atoms with E-state index < -0.39 is 23.7 Å². The van der Waals surface area contributed by atoms with Crippen molar-refractivity contribution in [1.29, 1.82) is 0 Å². The van der Waals surface area contributed by atoms with Gasteiger partial charge in [-0.2, -0.15) is 0 Å². The van der Waals surface area contributed by atoms with Crippen molar-refractivity contribution in [3.8, 4) is 0 Å². The van der Waals surface area contributed by atoms with Crippen molar-refractivity contribution < 1.29 is 24.2 Å². The summed E-state index contributed by atoms with van der Waals surface area (Å²) in [5.74, 6) is -0.987. The molecule has 7 nitrogen and oxygen atoms in total. The Morgan fingerprint density at radius 2 is 1.42 bits per heavy atom. The summed E-state index contributed by atoms with van der Waals surface area (Å²) >= 11 is 0. The number of benzene rings is 2. The number of amides is 1. The van der Waals surface area contributed by atoms with E-state index in [1.165, 1.54) is 0 Å². The van der Waals surface area contributed by atoms with Crippen LogP contribution in [0.1, 0.15) is 56.0 Å². The molecule has 1 amide bonds. The summed E-state index contributed by atoms with van der Waals surface area (Å²) in [4.78, 5) is 34.1. The van der Waals surface area contributed by atoms with Gasteiger partial charge in [-0.25, -0.2) is 9.59 Å². The lowest BCUT2D eigenvalue weighted by Gasteiger charge is -2.21. The molecule has 0 fully saturated rings. The van der Waals surface area contributed by atoms with Crippen LogP contribution in [-0.2, 0) is 9.53 Å². The molecule has 0 spiro atoms. The lowest BCUT2D eigenvalue weighted by atomic mass is 10.0. The molecule has 0 aliphatic rings. The van der Waals surface area contributed by atoms with Crippen LogP contribution in [0, 0.1) is 0 Å². The molecule has 7 heteroatoms. The summed E-state index contributed by atoms with van der Waals surface area (Å²) in [6.45, 7) is 5.67. The fourth-order valence-corrected chi connectivity index (χ4v) is 2.55. The molecule has 0 saturated carbocycles. The summed E-state index contributed by atoms with van der Waals surface area (Å²) in [6, 6.07) is 17.7. The van der Waals surface area contributed by atoms with Crippen LogP contribution >= 0.6 is 0 Å². The fourth-order valence-electron chi connectivity index (χ4n) is 2.55. The van der Waals surface area contributed by atoms with Crippen molar-refractivity contribution in [2.45, 2.75) is 51.7 Å². The van der Waals surface area contributed by atoms with Gasteiger partial charge < -0.3 is 20.9 Å². The van der Waals surface area contributed by atoms with E-state index in [0.717, 1.165) is 17.5 Å². The Balaban J connectivity index is 0.000000314. The maximum Gasteiger partial charge on any atom is 0.408 e. The van der Waals surface area contributed by atoms with Crippen LogP contribution in [-0.4, -0.2) is 41.1 Å². The van der Waals surface area contributed by atoms with Gasteiger partial charge in [-0.15, -0.1) is 0 Å². The number of carboxylic acid groups (broad SMARTS) is 1. The third kappa shape index (κ3) is 11.0. The molecule has 0 aromatic heterocycles. The van der Waals surface area contributed by atoms with Crippen molar-refractivity contribution in [2.75, 3.05) is 6.54 Å². The first kappa shape index (κ1) is 25.8. The molecule has 2 rings (SSSR count). The normalized spacial score (nSPS) is 11.5. The van der Waals surface area contributed by atoms with Gasteiger partial charge in [-0.05, 0) is 46.6 Å². The van der Waals surface area contributed by atoms with Gasteiger partial charge >= 0.3 is 12.1 Å². The molecule has 2 aromatic carbocycles. The Morgan fingerprint density at radius 3 is 1.81 bits per heavy atom. The van der Waals surface area contributed by atoms with Crippen LogP contribution in [0.4, 0.5) is 4.79 Å². The summed E-state index contributed by atoms with van der Waals surface area (Å²) < 4.78 is 4.99. The minimum Gasteiger partial charge on any atom is -0.480 e. The maximum atomic E-state index is 11.8. The molecular formula is C24H32N2O5. The van der Waals surface area contributed by atoms with E-state index in [0.29, 0.717) is 19.4 Å². The second-order valence-corrected chi connectivity index (χ2v) is 7.88. The molecule has 0 aliphatic carbocycles. The van der Waals surface area contributed by atoms with E-state index in [9.17, 15) is 14.4 Å². The molecule has 0 aliphatic heterocycles. The second kappa shape index (κ2) is 13.2. The summed E-state index contributed by atoms with van der Waals surface area (Å²) in [5, 5.41) is 11.2. The van der Waals surface area contributed by atoms with Gasteiger partial charge in [-0.1, -0.05) is 60.7 Å². The van der Waals surface area contributed by atoms with Crippen LogP contribution in [0.5, 0.6) is 0 Å². The lowest BCUT2D eigenvalue weighted by Crippen LogP contribution is -2.43. The highest BCUT2D eigenvalue weighted by Gasteiger charge is 2.23. The third-order valence-electron chi connectivity index (χ3n) is 4.01. The number of ketones is 1. The van der Waals surface area contributed by atoms with E-state index in [-0.39, 0.29) is 5.78 Å². The number of hydrogen-bond acceptors (Lipinski definition) is 5. The predicted molar refractivity (Wildman–Crippen MR) is 120 cm³/mol. The topological polar surface area (TPSA) is 119 Å². The number of carbonyl (C=O) groups excluding carboxylic acids is 2. The summed E-state index contributed by atoms with van der Waals surface area (Å²) in [7, 11) is 0. The predicted octanol–water partition coefficient (Wildman–Crippen LogP) is 4.01. The number of rotatable bonds is 8. The van der Waals surface area contributed by atoms with Crippen LogP contribution in [0.3, 0.4) is 0 Å². The molecule has 0 bridgehead atoms. The van der Waals surface area contributed by atoms with Crippen LogP contribution in [0.25, 0.3) is 0 Å². The average Bonchev–Trinajstić information content (AvgIpc) is 2.73. The monoisotopic (exact) mass is 428 g/mol. The molecule has 0 heterocycles. The van der Waals surface area contributed by atoms with Gasteiger partial charge in [0.1, 0.15) is 11.6 Å². The highest BCUT2D eigenvalue weighted by Crippen LogP contribution is 2.09. The lowest BCUT2D eigenvalue weighted by molar-refractivity contribution is -0.139. The Kier molecular flexibility index (Phi) is 11.0. The number of carboxylic acids is 1.